The average Bonchev–Trinajstić information content (AvgIpc) is 2.97. The number of para-hydroxylation sites is 2. The van der Waals surface area contributed by atoms with Gasteiger partial charge in [0.1, 0.15) is 5.75 Å². The lowest BCUT2D eigenvalue weighted by Gasteiger charge is -2.17. The van der Waals surface area contributed by atoms with Gasteiger partial charge in [-0.3, -0.25) is 0 Å². The molecular weight excluding hydrogens is 578 g/mol. The Balaban J connectivity index is 0.000000471. The fourth-order valence-corrected chi connectivity index (χ4v) is 5.51. The van der Waals surface area contributed by atoms with Crippen LogP contribution in [0.3, 0.4) is 0 Å². The van der Waals surface area contributed by atoms with Crippen molar-refractivity contribution in [2.45, 2.75) is 19.3 Å². The highest BCUT2D eigenvalue weighted by molar-refractivity contribution is 9.11. The molecule has 1 aliphatic rings. The van der Waals surface area contributed by atoms with Crippen molar-refractivity contribution in [1.29, 1.82) is 0 Å². The monoisotopic (exact) mass is 593 g/mol. The van der Waals surface area contributed by atoms with Gasteiger partial charge in [0.2, 0.25) is 11.2 Å². The van der Waals surface area contributed by atoms with Crippen molar-refractivity contribution in [1.82, 2.24) is 0 Å². The summed E-state index contributed by atoms with van der Waals surface area (Å²) in [4.78, 5) is 0. The molecule has 33 heavy (non-hydrogen) atoms. The van der Waals surface area contributed by atoms with Gasteiger partial charge in [0.15, 0.2) is 5.69 Å². The predicted octanol–water partition coefficient (Wildman–Crippen LogP) is 1.90. The van der Waals surface area contributed by atoms with Crippen molar-refractivity contribution < 1.29 is 38.6 Å². The quantitative estimate of drug-likeness (QED) is 0.338. The van der Waals surface area contributed by atoms with Crippen LogP contribution >= 0.6 is 31.9 Å². The summed E-state index contributed by atoms with van der Waals surface area (Å²) in [6.45, 7) is 4.57. The minimum Gasteiger partial charge on any atom is -0.506 e. The van der Waals surface area contributed by atoms with E-state index in [1.54, 1.807) is 0 Å². The van der Waals surface area contributed by atoms with Gasteiger partial charge in [-0.25, -0.2) is 18.6 Å². The van der Waals surface area contributed by atoms with Crippen LogP contribution in [-0.4, -0.2) is 5.11 Å². The van der Waals surface area contributed by atoms with Crippen molar-refractivity contribution in [3.05, 3.63) is 86.9 Å². The summed E-state index contributed by atoms with van der Waals surface area (Å²) in [5.41, 5.74) is 7.16. The molecule has 5 rings (SSSR count). The molecule has 4 aromatic rings. The van der Waals surface area contributed by atoms with Crippen LogP contribution in [0.15, 0.2) is 75.7 Å². The third kappa shape index (κ3) is 4.52. The third-order valence-corrected chi connectivity index (χ3v) is 6.95. The number of rotatable bonds is 1. The zero-order valence-electron chi connectivity index (χ0n) is 17.5. The number of aromatic nitrogens is 1. The first-order valence-corrected chi connectivity index (χ1v) is 12.6. The fraction of sp³-hybridized carbons (Fsp3) is 0.125. The number of aromatic hydroxyl groups is 1. The SMILES string of the molecule is CC1(C)c2ccccc2-[n+]2c1cc(-c1cc(Br)c(O)c(Br)c1)c1ccccc12.[O-][Cl+3]([O-])([O-])[O-]. The molecule has 9 heteroatoms. The third-order valence-electron chi connectivity index (χ3n) is 5.74. The number of hydrogen-bond donors (Lipinski definition) is 1. The molecule has 1 N–H and O–H groups in total. The Kier molecular flexibility index (Phi) is 6.30. The van der Waals surface area contributed by atoms with Crippen molar-refractivity contribution in [3.8, 4) is 22.6 Å². The van der Waals surface area contributed by atoms with Gasteiger partial charge in [-0.05, 0) is 69.5 Å². The van der Waals surface area contributed by atoms with Crippen LogP contribution in [0, 0.1) is 10.2 Å². The molecule has 0 saturated heterocycles. The van der Waals surface area contributed by atoms with Crippen molar-refractivity contribution >= 4 is 42.8 Å². The van der Waals surface area contributed by atoms with Crippen LogP contribution in [0.4, 0.5) is 0 Å². The predicted molar refractivity (Wildman–Crippen MR) is 120 cm³/mol. The number of benzene rings is 3. The average molecular weight is 596 g/mol. The Bertz CT molecular complexity index is 1360. The summed E-state index contributed by atoms with van der Waals surface area (Å²) in [7, 11) is -4.94. The highest BCUT2D eigenvalue weighted by Crippen LogP contribution is 2.43. The summed E-state index contributed by atoms with van der Waals surface area (Å²) in [6.07, 6.45) is 0. The highest BCUT2D eigenvalue weighted by atomic mass is 79.9. The summed E-state index contributed by atoms with van der Waals surface area (Å²) in [5, 5.41) is 11.3. The first-order chi connectivity index (χ1) is 15.4. The zero-order chi connectivity index (χ0) is 24.1. The van der Waals surface area contributed by atoms with E-state index in [1.807, 2.05) is 12.1 Å². The lowest BCUT2D eigenvalue weighted by Crippen LogP contribution is -2.68. The second-order valence-corrected chi connectivity index (χ2v) is 10.6. The molecule has 0 spiro atoms. The van der Waals surface area contributed by atoms with E-state index in [-0.39, 0.29) is 11.2 Å². The van der Waals surface area contributed by atoms with E-state index in [0.717, 1.165) is 11.1 Å². The number of pyridine rings is 1. The zero-order valence-corrected chi connectivity index (χ0v) is 21.4. The molecular formula is C24H18Br2ClNO5. The van der Waals surface area contributed by atoms with E-state index in [4.69, 9.17) is 18.6 Å². The molecule has 2 heterocycles. The number of nitrogens with zero attached hydrogens (tertiary/aromatic N) is 1. The molecule has 0 fully saturated rings. The van der Waals surface area contributed by atoms with E-state index < -0.39 is 10.2 Å². The standard InChI is InChI=1S/C24H17Br2NO.ClHO4/c1-24(2)17-8-4-6-10-21(17)27-20-9-5-3-7-15(20)16(13-22(24)27)14-11-18(25)23(28)19(26)12-14;2-1(3,4)5/h3-13H,1-2H3;(H,2,3,4,5). The Morgan fingerprint density at radius 3 is 2.03 bits per heavy atom. The minimum absolute atomic E-state index is 0.0965. The number of phenols is 1. The molecule has 0 unspecified atom stereocenters. The van der Waals surface area contributed by atoms with E-state index in [9.17, 15) is 5.11 Å². The normalized spacial score (nSPS) is 13.8. The largest absolute Gasteiger partial charge is 0.506 e. The van der Waals surface area contributed by atoms with Crippen LogP contribution in [0.25, 0.3) is 27.7 Å². The molecule has 6 nitrogen and oxygen atoms in total. The lowest BCUT2D eigenvalue weighted by molar-refractivity contribution is -2.00. The molecule has 0 aliphatic carbocycles. The maximum absolute atomic E-state index is 10.1. The Morgan fingerprint density at radius 1 is 0.848 bits per heavy atom. The van der Waals surface area contributed by atoms with Gasteiger partial charge in [-0.15, -0.1) is 10.2 Å². The second kappa shape index (κ2) is 8.63. The fourth-order valence-electron chi connectivity index (χ4n) is 4.32. The van der Waals surface area contributed by atoms with Crippen molar-refractivity contribution in [3.63, 3.8) is 0 Å². The Morgan fingerprint density at radius 2 is 1.39 bits per heavy atom. The van der Waals surface area contributed by atoms with Crippen LogP contribution in [0.1, 0.15) is 25.1 Å². The number of phenolic OH excluding ortho intramolecular Hbond substituents is 1. The molecule has 0 radical (unpaired) electrons. The maximum atomic E-state index is 10.1. The van der Waals surface area contributed by atoms with Gasteiger partial charge < -0.3 is 5.11 Å². The van der Waals surface area contributed by atoms with Gasteiger partial charge in [-0.1, -0.05) is 30.3 Å². The molecule has 0 amide bonds. The van der Waals surface area contributed by atoms with Gasteiger partial charge >= 0.3 is 0 Å². The number of fused-ring (bicyclic) bond motifs is 5. The van der Waals surface area contributed by atoms with E-state index in [0.29, 0.717) is 8.95 Å². The number of hydrogen-bond acceptors (Lipinski definition) is 5. The molecule has 3 aromatic carbocycles. The molecule has 0 bridgehead atoms. The first-order valence-electron chi connectivity index (χ1n) is 9.78. The second-order valence-electron chi connectivity index (χ2n) is 8.10. The summed E-state index contributed by atoms with van der Waals surface area (Å²) in [6, 6.07) is 23.4. The van der Waals surface area contributed by atoms with Gasteiger partial charge in [0.25, 0.3) is 0 Å². The van der Waals surface area contributed by atoms with Crippen LogP contribution < -0.4 is 23.2 Å². The number of halogens is 3. The maximum Gasteiger partial charge on any atom is 0.219 e. The topological polar surface area (TPSA) is 116 Å². The van der Waals surface area contributed by atoms with Crippen LogP contribution in [0.2, 0.25) is 0 Å². The van der Waals surface area contributed by atoms with E-state index >= 15 is 0 Å². The van der Waals surface area contributed by atoms with Gasteiger partial charge in [0.05, 0.1) is 19.7 Å². The summed E-state index contributed by atoms with van der Waals surface area (Å²) in [5.74, 6) is 0.219. The van der Waals surface area contributed by atoms with Gasteiger partial charge in [-0.2, -0.15) is 4.57 Å². The summed E-state index contributed by atoms with van der Waals surface area (Å²) < 4.78 is 37.7. The van der Waals surface area contributed by atoms with Crippen LogP contribution in [0.5, 0.6) is 5.75 Å². The first kappa shape index (κ1) is 24.1. The van der Waals surface area contributed by atoms with Crippen molar-refractivity contribution in [2.24, 2.45) is 0 Å². The van der Waals surface area contributed by atoms with E-state index in [2.05, 4.69) is 105 Å². The molecule has 1 aliphatic heterocycles. The van der Waals surface area contributed by atoms with Crippen LogP contribution in [-0.2, 0) is 5.41 Å². The highest BCUT2D eigenvalue weighted by Gasteiger charge is 2.45. The minimum atomic E-state index is -4.94. The van der Waals surface area contributed by atoms with Crippen molar-refractivity contribution in [2.75, 3.05) is 0 Å². The molecule has 0 saturated carbocycles. The summed E-state index contributed by atoms with van der Waals surface area (Å²) >= 11 is 6.96. The lowest BCUT2D eigenvalue weighted by atomic mass is 9.82. The molecule has 0 atom stereocenters. The Labute approximate surface area is 209 Å². The molecule has 1 aromatic heterocycles. The molecule has 170 valence electrons. The van der Waals surface area contributed by atoms with E-state index in [1.165, 1.54) is 27.8 Å². The smallest absolute Gasteiger partial charge is 0.219 e. The van der Waals surface area contributed by atoms with Gasteiger partial charge in [0, 0.05) is 29.3 Å². The Hall–Kier alpha value is -2.04.